The molecule has 3 aromatic rings. The Labute approximate surface area is 184 Å². The van der Waals surface area contributed by atoms with Crippen molar-refractivity contribution in [2.75, 3.05) is 25.1 Å². The fraction of sp³-hybridized carbons (Fsp3) is 0.238. The van der Waals surface area contributed by atoms with Crippen molar-refractivity contribution in [2.24, 2.45) is 0 Å². The van der Waals surface area contributed by atoms with Gasteiger partial charge in [-0.3, -0.25) is 5.32 Å². The Balaban J connectivity index is 1.89. The van der Waals surface area contributed by atoms with Crippen molar-refractivity contribution in [1.29, 1.82) is 0 Å². The molecule has 0 saturated carbocycles. The molecule has 0 amide bonds. The van der Waals surface area contributed by atoms with Gasteiger partial charge in [0.15, 0.2) is 5.03 Å². The molecule has 0 bridgehead atoms. The van der Waals surface area contributed by atoms with Gasteiger partial charge >= 0.3 is 5.97 Å². The average molecular weight is 462 g/mol. The van der Waals surface area contributed by atoms with Gasteiger partial charge in [-0.25, -0.2) is 18.2 Å². The second-order valence-corrected chi connectivity index (χ2v) is 9.67. The van der Waals surface area contributed by atoms with Gasteiger partial charge in [0.25, 0.3) is 0 Å². The van der Waals surface area contributed by atoms with E-state index in [0.29, 0.717) is 46.0 Å². The first-order valence-corrected chi connectivity index (χ1v) is 11.4. The number of aromatic nitrogens is 1. The summed E-state index contributed by atoms with van der Waals surface area (Å²) in [6.45, 7) is 2.65. The number of para-hydroxylation sites is 1. The molecule has 1 atom stereocenters. The van der Waals surface area contributed by atoms with Gasteiger partial charge in [0.05, 0.1) is 35.7 Å². The number of hydrogen-bond donors (Lipinski definition) is 3. The van der Waals surface area contributed by atoms with E-state index >= 15 is 0 Å². The number of nitrogens with one attached hydrogen (secondary N) is 2. The highest BCUT2D eigenvalue weighted by atomic mass is 35.5. The van der Waals surface area contributed by atoms with E-state index in [-0.39, 0.29) is 17.2 Å². The number of ether oxygens (including phenoxy) is 1. The Bertz CT molecular complexity index is 1270. The standard InChI is InChI=1S/C21H20ClN3O5S/c1-12-3-2-4-14(21(26)27)20(12)25-17-10-18(24-16-6-5-13(22)9-15(16)17)31(28,29)19-11-30-8-7-23-19/h2-6,9-10,19,23H,7-8,11H2,1H3,(H,24,25)(H,26,27). The molecule has 0 aliphatic carbocycles. The zero-order chi connectivity index (χ0) is 22.2. The number of hydrogen-bond acceptors (Lipinski definition) is 7. The second-order valence-electron chi connectivity index (χ2n) is 7.16. The Kier molecular flexibility index (Phi) is 5.85. The lowest BCUT2D eigenvalue weighted by molar-refractivity contribution is 0.0698. The van der Waals surface area contributed by atoms with Crippen LogP contribution in [0.25, 0.3) is 10.9 Å². The number of nitrogens with zero attached hydrogens (tertiary/aromatic N) is 1. The SMILES string of the molecule is Cc1cccc(C(=O)O)c1Nc1cc(S(=O)(=O)C2COCCN2)nc2ccc(Cl)cc12. The highest BCUT2D eigenvalue weighted by molar-refractivity contribution is 7.92. The van der Waals surface area contributed by atoms with Crippen LogP contribution in [-0.4, -0.2) is 49.6 Å². The van der Waals surface area contributed by atoms with Crippen molar-refractivity contribution < 1.29 is 23.1 Å². The van der Waals surface area contributed by atoms with Gasteiger partial charge in [0.2, 0.25) is 9.84 Å². The maximum absolute atomic E-state index is 13.2. The molecule has 10 heteroatoms. The number of morpholine rings is 1. The number of anilines is 2. The summed E-state index contributed by atoms with van der Waals surface area (Å²) in [6.07, 6.45) is 0. The third-order valence-corrected chi connectivity index (χ3v) is 7.14. The zero-order valence-corrected chi connectivity index (χ0v) is 18.1. The Hall–Kier alpha value is -2.72. The molecule has 162 valence electrons. The molecule has 8 nitrogen and oxygen atoms in total. The van der Waals surface area contributed by atoms with Crippen LogP contribution < -0.4 is 10.6 Å². The van der Waals surface area contributed by atoms with Gasteiger partial charge in [-0.1, -0.05) is 23.7 Å². The summed E-state index contributed by atoms with van der Waals surface area (Å²) < 4.78 is 31.7. The van der Waals surface area contributed by atoms with Gasteiger partial charge in [-0.05, 0) is 42.8 Å². The van der Waals surface area contributed by atoms with Crippen LogP contribution in [0.15, 0.2) is 47.5 Å². The maximum Gasteiger partial charge on any atom is 0.337 e. The second kappa shape index (κ2) is 8.43. The molecule has 2 heterocycles. The van der Waals surface area contributed by atoms with Gasteiger partial charge in [-0.15, -0.1) is 0 Å². The molecule has 0 radical (unpaired) electrons. The number of carboxylic acids is 1. The van der Waals surface area contributed by atoms with Crippen LogP contribution in [0.2, 0.25) is 5.02 Å². The topological polar surface area (TPSA) is 118 Å². The summed E-state index contributed by atoms with van der Waals surface area (Å²) in [5, 5.41) is 15.6. The van der Waals surface area contributed by atoms with E-state index in [9.17, 15) is 18.3 Å². The minimum Gasteiger partial charge on any atom is -0.478 e. The number of carbonyl (C=O) groups is 1. The fourth-order valence-corrected chi connectivity index (χ4v) is 5.04. The first kappa shape index (κ1) is 21.5. The smallest absolute Gasteiger partial charge is 0.337 e. The lowest BCUT2D eigenvalue weighted by Gasteiger charge is -2.24. The Morgan fingerprint density at radius 1 is 1.29 bits per heavy atom. The normalized spacial score (nSPS) is 16.9. The summed E-state index contributed by atoms with van der Waals surface area (Å²) in [5.41, 5.74) is 1.93. The van der Waals surface area contributed by atoms with Crippen molar-refractivity contribution in [2.45, 2.75) is 17.3 Å². The van der Waals surface area contributed by atoms with E-state index in [2.05, 4.69) is 15.6 Å². The van der Waals surface area contributed by atoms with Crippen LogP contribution >= 0.6 is 11.6 Å². The molecular formula is C21H20ClN3O5S. The lowest BCUT2D eigenvalue weighted by Crippen LogP contribution is -2.46. The summed E-state index contributed by atoms with van der Waals surface area (Å²) in [5.74, 6) is -1.10. The van der Waals surface area contributed by atoms with Gasteiger partial charge in [0.1, 0.15) is 5.37 Å². The van der Waals surface area contributed by atoms with Crippen molar-refractivity contribution in [3.63, 3.8) is 0 Å². The van der Waals surface area contributed by atoms with Crippen LogP contribution in [0, 0.1) is 6.92 Å². The van der Waals surface area contributed by atoms with Crippen LogP contribution in [0.1, 0.15) is 15.9 Å². The average Bonchev–Trinajstić information content (AvgIpc) is 2.75. The fourth-order valence-electron chi connectivity index (χ4n) is 3.46. The molecule has 1 aromatic heterocycles. The predicted molar refractivity (Wildman–Crippen MR) is 118 cm³/mol. The van der Waals surface area contributed by atoms with Crippen molar-refractivity contribution in [3.8, 4) is 0 Å². The Morgan fingerprint density at radius 2 is 2.10 bits per heavy atom. The molecule has 1 fully saturated rings. The summed E-state index contributed by atoms with van der Waals surface area (Å²) >= 11 is 6.16. The summed E-state index contributed by atoms with van der Waals surface area (Å²) in [7, 11) is -3.85. The highest BCUT2D eigenvalue weighted by Crippen LogP contribution is 2.33. The molecule has 1 aliphatic heterocycles. The van der Waals surface area contributed by atoms with Gasteiger partial charge in [-0.2, -0.15) is 0 Å². The molecule has 1 unspecified atom stereocenters. The Morgan fingerprint density at radius 3 is 2.81 bits per heavy atom. The van der Waals surface area contributed by atoms with Gasteiger partial charge in [0, 0.05) is 17.0 Å². The molecule has 1 saturated heterocycles. The number of aryl methyl sites for hydroxylation is 1. The van der Waals surface area contributed by atoms with E-state index in [4.69, 9.17) is 16.3 Å². The number of rotatable bonds is 5. The lowest BCUT2D eigenvalue weighted by atomic mass is 10.1. The molecule has 4 rings (SSSR count). The minimum atomic E-state index is -3.85. The van der Waals surface area contributed by atoms with Crippen LogP contribution in [0.5, 0.6) is 0 Å². The maximum atomic E-state index is 13.2. The predicted octanol–water partition coefficient (Wildman–Crippen LogP) is 3.36. The van der Waals surface area contributed by atoms with E-state index < -0.39 is 21.2 Å². The molecule has 1 aliphatic rings. The van der Waals surface area contributed by atoms with E-state index in [0.717, 1.165) is 0 Å². The van der Waals surface area contributed by atoms with E-state index in [1.165, 1.54) is 12.1 Å². The minimum absolute atomic E-state index is 0.0202. The van der Waals surface area contributed by atoms with Crippen LogP contribution in [-0.2, 0) is 14.6 Å². The monoisotopic (exact) mass is 461 g/mol. The zero-order valence-electron chi connectivity index (χ0n) is 16.6. The molecule has 3 N–H and O–H groups in total. The van der Waals surface area contributed by atoms with E-state index in [1.807, 2.05) is 0 Å². The summed E-state index contributed by atoms with van der Waals surface area (Å²) in [4.78, 5) is 16.1. The number of aromatic carboxylic acids is 1. The number of sulfone groups is 1. The summed E-state index contributed by atoms with van der Waals surface area (Å²) in [6, 6.07) is 11.2. The molecule has 0 spiro atoms. The van der Waals surface area contributed by atoms with Crippen LogP contribution in [0.3, 0.4) is 0 Å². The highest BCUT2D eigenvalue weighted by Gasteiger charge is 2.31. The van der Waals surface area contributed by atoms with Crippen molar-refractivity contribution in [3.05, 3.63) is 58.6 Å². The third kappa shape index (κ3) is 4.22. The van der Waals surface area contributed by atoms with E-state index in [1.54, 1.807) is 37.3 Å². The quantitative estimate of drug-likeness (QED) is 0.529. The molecular weight excluding hydrogens is 442 g/mol. The number of benzene rings is 2. The first-order chi connectivity index (χ1) is 14.8. The molecule has 2 aromatic carbocycles. The number of pyridine rings is 1. The first-order valence-electron chi connectivity index (χ1n) is 9.52. The van der Waals surface area contributed by atoms with Gasteiger partial charge < -0.3 is 15.2 Å². The number of halogens is 1. The van der Waals surface area contributed by atoms with Crippen molar-refractivity contribution in [1.82, 2.24) is 10.3 Å². The molecule has 31 heavy (non-hydrogen) atoms. The largest absolute Gasteiger partial charge is 0.478 e. The third-order valence-electron chi connectivity index (χ3n) is 5.06. The van der Waals surface area contributed by atoms with Crippen LogP contribution in [0.4, 0.5) is 11.4 Å². The number of fused-ring (bicyclic) bond motifs is 1. The number of carboxylic acid groups (broad SMARTS) is 1. The van der Waals surface area contributed by atoms with Crippen molar-refractivity contribution >= 4 is 49.7 Å².